The second-order valence-electron chi connectivity index (χ2n) is 9.55. The molecule has 0 aromatic carbocycles. The van der Waals surface area contributed by atoms with Gasteiger partial charge in [0.2, 0.25) is 0 Å². The Kier molecular flexibility index (Phi) is 5.98. The molecule has 0 aliphatic carbocycles. The van der Waals surface area contributed by atoms with E-state index in [1.807, 2.05) is 11.8 Å². The molecule has 0 spiro atoms. The van der Waals surface area contributed by atoms with Gasteiger partial charge in [0.15, 0.2) is 5.90 Å². The highest BCUT2D eigenvalue weighted by Gasteiger charge is 2.46. The fourth-order valence-electron chi connectivity index (χ4n) is 2.13. The Bertz CT molecular complexity index is 478. The van der Waals surface area contributed by atoms with E-state index < -0.39 is 0 Å². The van der Waals surface area contributed by atoms with Gasteiger partial charge in [-0.2, -0.15) is 0 Å². The first-order valence-electron chi connectivity index (χ1n) is 9.10. The average Bonchev–Trinajstić information content (AvgIpc) is 2.70. The zero-order valence-electron chi connectivity index (χ0n) is 17.9. The van der Waals surface area contributed by atoms with Gasteiger partial charge < -0.3 is 4.74 Å². The zero-order valence-corrected chi connectivity index (χ0v) is 18.7. The van der Waals surface area contributed by atoms with Gasteiger partial charge in [-0.1, -0.05) is 27.7 Å². The van der Waals surface area contributed by atoms with Crippen LogP contribution in [-0.2, 0) is 4.74 Å². The van der Waals surface area contributed by atoms with Gasteiger partial charge in [0, 0.05) is 16.6 Å². The van der Waals surface area contributed by atoms with Crippen LogP contribution in [0.5, 0.6) is 0 Å². The molecule has 2 aliphatic rings. The summed E-state index contributed by atoms with van der Waals surface area (Å²) >= 11 is 1.93. The van der Waals surface area contributed by atoms with Gasteiger partial charge in [0.25, 0.3) is 0 Å². The first kappa shape index (κ1) is 21.5. The van der Waals surface area contributed by atoms with Gasteiger partial charge in [-0.3, -0.25) is 4.99 Å². The van der Waals surface area contributed by atoms with Gasteiger partial charge in [0.05, 0.1) is 16.1 Å². The second kappa shape index (κ2) is 6.66. The van der Waals surface area contributed by atoms with Crippen molar-refractivity contribution < 1.29 is 4.74 Å². The first-order chi connectivity index (χ1) is 10.5. The highest BCUT2D eigenvalue weighted by atomic mass is 32.2. The molecule has 140 valence electrons. The van der Waals surface area contributed by atoms with Crippen LogP contribution in [0.1, 0.15) is 83.1 Å². The minimum atomic E-state index is -0.160. The van der Waals surface area contributed by atoms with E-state index in [-0.39, 0.29) is 21.4 Å². The number of ether oxygens (including phenoxy) is 1. The fourth-order valence-corrected chi connectivity index (χ4v) is 3.46. The molecule has 0 saturated heterocycles. The normalized spacial score (nSPS) is 25.8. The second-order valence-corrected chi connectivity index (χ2v) is 11.2. The molecule has 0 saturated carbocycles. The van der Waals surface area contributed by atoms with E-state index in [4.69, 9.17) is 9.73 Å². The SMILES string of the molecule is CC(C)C1=NC(C)(C)C(C)(C)O1.CC(C)C1=NC(C)(C)C(C)(C)S1. The van der Waals surface area contributed by atoms with E-state index in [0.29, 0.717) is 11.8 Å². The summed E-state index contributed by atoms with van der Waals surface area (Å²) in [5.74, 6) is 1.87. The summed E-state index contributed by atoms with van der Waals surface area (Å²) in [6.07, 6.45) is 0. The smallest absolute Gasteiger partial charge is 0.187 e. The standard InChI is InChI=1S/C10H19NO.C10H19NS/c2*1-7(2)8-11-9(3,4)10(5,6)12-8/h2*7H,1-6H3. The Labute approximate surface area is 154 Å². The highest BCUT2D eigenvalue weighted by Crippen LogP contribution is 2.46. The number of hydrogen-bond acceptors (Lipinski definition) is 4. The number of rotatable bonds is 2. The Hall–Kier alpha value is -0.510. The lowest BCUT2D eigenvalue weighted by Crippen LogP contribution is -2.41. The Morgan fingerprint density at radius 3 is 1.42 bits per heavy atom. The maximum atomic E-state index is 5.78. The predicted molar refractivity (Wildman–Crippen MR) is 110 cm³/mol. The molecule has 3 nitrogen and oxygen atoms in total. The van der Waals surface area contributed by atoms with E-state index in [1.165, 1.54) is 5.04 Å². The van der Waals surface area contributed by atoms with Crippen molar-refractivity contribution in [2.75, 3.05) is 0 Å². The summed E-state index contributed by atoms with van der Waals surface area (Å²) in [5, 5.41) is 1.31. The molecule has 0 aromatic rings. The zero-order chi connectivity index (χ0) is 19.1. The largest absolute Gasteiger partial charge is 0.472 e. The van der Waals surface area contributed by atoms with E-state index >= 15 is 0 Å². The van der Waals surface area contributed by atoms with Crippen molar-refractivity contribution in [3.63, 3.8) is 0 Å². The van der Waals surface area contributed by atoms with E-state index in [0.717, 1.165) is 5.90 Å². The summed E-state index contributed by atoms with van der Waals surface area (Å²) in [6.45, 7) is 26.0. The van der Waals surface area contributed by atoms with Crippen molar-refractivity contribution in [1.29, 1.82) is 0 Å². The molecule has 0 unspecified atom stereocenters. The average molecular weight is 355 g/mol. The summed E-state index contributed by atoms with van der Waals surface area (Å²) in [7, 11) is 0. The molecule has 0 N–H and O–H groups in total. The van der Waals surface area contributed by atoms with Crippen molar-refractivity contribution >= 4 is 22.7 Å². The monoisotopic (exact) mass is 354 g/mol. The van der Waals surface area contributed by atoms with Crippen molar-refractivity contribution in [2.45, 2.75) is 105 Å². The Balaban J connectivity index is 0.000000240. The van der Waals surface area contributed by atoms with Crippen LogP contribution in [-0.4, -0.2) is 32.4 Å². The molecule has 2 aliphatic heterocycles. The number of aliphatic imine (C=N–C) groups is 2. The highest BCUT2D eigenvalue weighted by molar-refractivity contribution is 8.15. The number of thioether (sulfide) groups is 1. The lowest BCUT2D eigenvalue weighted by Gasteiger charge is -2.31. The molecule has 2 rings (SSSR count). The van der Waals surface area contributed by atoms with Crippen molar-refractivity contribution in [1.82, 2.24) is 0 Å². The molecule has 0 amide bonds. The molecule has 4 heteroatoms. The van der Waals surface area contributed by atoms with E-state index in [1.54, 1.807) is 0 Å². The molecule has 2 heterocycles. The van der Waals surface area contributed by atoms with Crippen LogP contribution in [0, 0.1) is 11.8 Å². The van der Waals surface area contributed by atoms with Gasteiger partial charge in [-0.15, -0.1) is 11.8 Å². The van der Waals surface area contributed by atoms with Crippen molar-refractivity contribution in [3.8, 4) is 0 Å². The molecule has 0 atom stereocenters. The van der Waals surface area contributed by atoms with E-state index in [2.05, 4.69) is 88.1 Å². The quantitative estimate of drug-likeness (QED) is 0.612. The molecule has 0 aromatic heterocycles. The van der Waals surface area contributed by atoms with Crippen LogP contribution >= 0.6 is 11.8 Å². The van der Waals surface area contributed by atoms with Crippen LogP contribution in [0.4, 0.5) is 0 Å². The van der Waals surface area contributed by atoms with Gasteiger partial charge in [-0.05, 0) is 55.4 Å². The van der Waals surface area contributed by atoms with Gasteiger partial charge >= 0.3 is 0 Å². The summed E-state index contributed by atoms with van der Waals surface area (Å²) in [5.41, 5.74) is -0.156. The molecule has 0 radical (unpaired) electrons. The third-order valence-corrected chi connectivity index (χ3v) is 7.22. The lowest BCUT2D eigenvalue weighted by molar-refractivity contribution is 0.0568. The Morgan fingerprint density at radius 1 is 0.750 bits per heavy atom. The molecular formula is C20H38N2OS. The van der Waals surface area contributed by atoms with Crippen LogP contribution in [0.25, 0.3) is 0 Å². The minimum Gasteiger partial charge on any atom is -0.472 e. The Morgan fingerprint density at radius 2 is 1.25 bits per heavy atom. The van der Waals surface area contributed by atoms with Crippen LogP contribution < -0.4 is 0 Å². The van der Waals surface area contributed by atoms with Crippen LogP contribution in [0.15, 0.2) is 9.98 Å². The number of nitrogens with zero attached hydrogens (tertiary/aromatic N) is 2. The van der Waals surface area contributed by atoms with Gasteiger partial charge in [0.1, 0.15) is 5.60 Å². The molecule has 24 heavy (non-hydrogen) atoms. The maximum absolute atomic E-state index is 5.78. The van der Waals surface area contributed by atoms with Crippen LogP contribution in [0.3, 0.4) is 0 Å². The maximum Gasteiger partial charge on any atom is 0.187 e. The first-order valence-corrected chi connectivity index (χ1v) is 9.91. The van der Waals surface area contributed by atoms with Crippen LogP contribution in [0.2, 0.25) is 0 Å². The van der Waals surface area contributed by atoms with Crippen molar-refractivity contribution in [2.24, 2.45) is 21.8 Å². The van der Waals surface area contributed by atoms with E-state index in [9.17, 15) is 0 Å². The molecular weight excluding hydrogens is 316 g/mol. The summed E-state index contributed by atoms with van der Waals surface area (Å²) in [4.78, 5) is 9.32. The third-order valence-electron chi connectivity index (χ3n) is 5.43. The number of hydrogen-bond donors (Lipinski definition) is 0. The topological polar surface area (TPSA) is 34.0 Å². The third kappa shape index (κ3) is 4.36. The summed E-state index contributed by atoms with van der Waals surface area (Å²) in [6, 6.07) is 0. The molecule has 0 bridgehead atoms. The molecule has 0 fully saturated rings. The predicted octanol–water partition coefficient (Wildman–Crippen LogP) is 5.97. The van der Waals surface area contributed by atoms with Crippen molar-refractivity contribution in [3.05, 3.63) is 0 Å². The summed E-state index contributed by atoms with van der Waals surface area (Å²) < 4.78 is 6.03. The lowest BCUT2D eigenvalue weighted by atomic mass is 9.87. The minimum absolute atomic E-state index is 0.0907. The van der Waals surface area contributed by atoms with Gasteiger partial charge in [-0.25, -0.2) is 4.99 Å². The fraction of sp³-hybridized carbons (Fsp3) is 0.900.